The van der Waals surface area contributed by atoms with Gasteiger partial charge < -0.3 is 15.4 Å². The number of aryl methyl sites for hydroxylation is 2. The highest BCUT2D eigenvalue weighted by atomic mass is 16.5. The fourth-order valence-corrected chi connectivity index (χ4v) is 2.54. The summed E-state index contributed by atoms with van der Waals surface area (Å²) in [6.07, 6.45) is 2.69. The fraction of sp³-hybridized carbons (Fsp3) is 0.150. The first-order chi connectivity index (χ1) is 13.0. The zero-order chi connectivity index (χ0) is 19.4. The van der Waals surface area contributed by atoms with Crippen LogP contribution in [0.15, 0.2) is 53.3 Å². The van der Waals surface area contributed by atoms with E-state index >= 15 is 0 Å². The summed E-state index contributed by atoms with van der Waals surface area (Å²) in [7, 11) is 1.59. The van der Waals surface area contributed by atoms with Crippen LogP contribution < -0.4 is 20.8 Å². The highest BCUT2D eigenvalue weighted by Crippen LogP contribution is 2.30. The number of ether oxygens (including phenoxy) is 1. The molecule has 0 atom stereocenters. The molecule has 2 amide bonds. The number of hydrogen-bond acceptors (Lipinski definition) is 5. The molecule has 0 fully saturated rings. The Bertz CT molecular complexity index is 946. The molecule has 1 aliphatic rings. The molecule has 7 nitrogen and oxygen atoms in total. The Morgan fingerprint density at radius 3 is 2.33 bits per heavy atom. The number of anilines is 2. The van der Waals surface area contributed by atoms with Gasteiger partial charge in [-0.2, -0.15) is 5.10 Å². The lowest BCUT2D eigenvalue weighted by atomic mass is 10.1. The average Bonchev–Trinajstić information content (AvgIpc) is 2.65. The lowest BCUT2D eigenvalue weighted by molar-refractivity contribution is -0.117. The average molecular weight is 364 g/mol. The SMILES string of the molecule is COc1ccc(/C=N\NC(=O)/C=C2\Nc3cc(C)c(C)cc3NC2=O)cc1. The molecule has 0 radical (unpaired) electrons. The van der Waals surface area contributed by atoms with Crippen molar-refractivity contribution in [1.82, 2.24) is 5.43 Å². The molecule has 0 aliphatic carbocycles. The van der Waals surface area contributed by atoms with Crippen molar-refractivity contribution in [3.05, 3.63) is 64.9 Å². The second kappa shape index (κ2) is 7.74. The van der Waals surface area contributed by atoms with Crippen molar-refractivity contribution in [1.29, 1.82) is 0 Å². The third kappa shape index (κ3) is 4.33. The summed E-state index contributed by atoms with van der Waals surface area (Å²) in [5, 5.41) is 9.65. The first-order valence-corrected chi connectivity index (χ1v) is 8.34. The van der Waals surface area contributed by atoms with E-state index in [2.05, 4.69) is 21.2 Å². The van der Waals surface area contributed by atoms with Crippen molar-refractivity contribution in [2.75, 3.05) is 17.7 Å². The van der Waals surface area contributed by atoms with Gasteiger partial charge in [0, 0.05) is 6.08 Å². The fourth-order valence-electron chi connectivity index (χ4n) is 2.54. The van der Waals surface area contributed by atoms with Crippen LogP contribution in [-0.4, -0.2) is 25.1 Å². The first kappa shape index (κ1) is 18.2. The molecule has 3 N–H and O–H groups in total. The maximum atomic E-state index is 12.2. The van der Waals surface area contributed by atoms with Gasteiger partial charge in [0.05, 0.1) is 24.7 Å². The smallest absolute Gasteiger partial charge is 0.272 e. The van der Waals surface area contributed by atoms with E-state index in [1.807, 2.05) is 38.1 Å². The maximum absolute atomic E-state index is 12.2. The molecule has 2 aromatic rings. The largest absolute Gasteiger partial charge is 0.497 e. The van der Waals surface area contributed by atoms with E-state index in [1.165, 1.54) is 12.3 Å². The van der Waals surface area contributed by atoms with Crippen LogP contribution in [0.3, 0.4) is 0 Å². The van der Waals surface area contributed by atoms with Gasteiger partial charge >= 0.3 is 0 Å². The van der Waals surface area contributed by atoms with E-state index in [1.54, 1.807) is 19.2 Å². The molecule has 1 heterocycles. The van der Waals surface area contributed by atoms with E-state index < -0.39 is 5.91 Å². The van der Waals surface area contributed by atoms with E-state index in [0.29, 0.717) is 5.69 Å². The number of amides is 2. The predicted molar refractivity (Wildman–Crippen MR) is 105 cm³/mol. The third-order valence-corrected chi connectivity index (χ3v) is 4.18. The Morgan fingerprint density at radius 2 is 1.70 bits per heavy atom. The molecule has 0 saturated heterocycles. The number of fused-ring (bicyclic) bond motifs is 1. The van der Waals surface area contributed by atoms with Crippen LogP contribution in [0.2, 0.25) is 0 Å². The quantitative estimate of drug-likeness (QED) is 0.442. The normalized spacial score (nSPS) is 14.5. The van der Waals surface area contributed by atoms with Gasteiger partial charge in [-0.15, -0.1) is 0 Å². The predicted octanol–water partition coefficient (Wildman–Crippen LogP) is 2.71. The zero-order valence-corrected chi connectivity index (χ0v) is 15.3. The molecular formula is C20H20N4O3. The zero-order valence-electron chi connectivity index (χ0n) is 15.3. The molecule has 0 aromatic heterocycles. The summed E-state index contributed by atoms with van der Waals surface area (Å²) < 4.78 is 5.08. The molecule has 3 rings (SSSR count). The number of rotatable bonds is 4. The van der Waals surface area contributed by atoms with Crippen molar-refractivity contribution >= 4 is 29.4 Å². The lowest BCUT2D eigenvalue weighted by Gasteiger charge is -2.22. The van der Waals surface area contributed by atoms with Crippen molar-refractivity contribution in [2.24, 2.45) is 5.10 Å². The second-order valence-electron chi connectivity index (χ2n) is 6.13. The topological polar surface area (TPSA) is 91.8 Å². The van der Waals surface area contributed by atoms with E-state index in [-0.39, 0.29) is 11.6 Å². The monoisotopic (exact) mass is 364 g/mol. The maximum Gasteiger partial charge on any atom is 0.272 e. The minimum atomic E-state index is -0.510. The molecule has 0 bridgehead atoms. The lowest BCUT2D eigenvalue weighted by Crippen LogP contribution is -2.28. The third-order valence-electron chi connectivity index (χ3n) is 4.18. The molecular weight excluding hydrogens is 344 g/mol. The molecule has 0 spiro atoms. The number of benzene rings is 2. The Balaban J connectivity index is 1.66. The first-order valence-electron chi connectivity index (χ1n) is 8.34. The Morgan fingerprint density at radius 1 is 1.07 bits per heavy atom. The van der Waals surface area contributed by atoms with Crippen molar-refractivity contribution in [3.63, 3.8) is 0 Å². The van der Waals surface area contributed by atoms with Gasteiger partial charge in [-0.1, -0.05) is 0 Å². The number of hydrogen-bond donors (Lipinski definition) is 3. The molecule has 7 heteroatoms. The minimum Gasteiger partial charge on any atom is -0.497 e. The molecule has 1 aliphatic heterocycles. The Labute approximate surface area is 157 Å². The summed E-state index contributed by atoms with van der Waals surface area (Å²) in [5.74, 6) is -0.147. The van der Waals surface area contributed by atoms with Gasteiger partial charge in [-0.25, -0.2) is 5.43 Å². The summed E-state index contributed by atoms with van der Waals surface area (Å²) in [6.45, 7) is 3.96. The number of methoxy groups -OCH3 is 1. The van der Waals surface area contributed by atoms with Crippen LogP contribution in [0.25, 0.3) is 0 Å². The van der Waals surface area contributed by atoms with Gasteiger partial charge in [0.1, 0.15) is 11.4 Å². The molecule has 138 valence electrons. The van der Waals surface area contributed by atoms with E-state index in [9.17, 15) is 9.59 Å². The number of nitrogens with zero attached hydrogens (tertiary/aromatic N) is 1. The van der Waals surface area contributed by atoms with Crippen molar-refractivity contribution < 1.29 is 14.3 Å². The minimum absolute atomic E-state index is 0.155. The van der Waals surface area contributed by atoms with Gasteiger partial charge in [0.2, 0.25) is 0 Å². The van der Waals surface area contributed by atoms with Gasteiger partial charge in [-0.05, 0) is 66.9 Å². The van der Waals surface area contributed by atoms with Crippen LogP contribution in [-0.2, 0) is 9.59 Å². The molecule has 2 aromatic carbocycles. The highest BCUT2D eigenvalue weighted by Gasteiger charge is 2.21. The van der Waals surface area contributed by atoms with Gasteiger partial charge in [0.15, 0.2) is 0 Å². The van der Waals surface area contributed by atoms with E-state index in [0.717, 1.165) is 28.1 Å². The van der Waals surface area contributed by atoms with Crippen LogP contribution in [0.1, 0.15) is 16.7 Å². The number of carbonyl (C=O) groups excluding carboxylic acids is 2. The van der Waals surface area contributed by atoms with Gasteiger partial charge in [-0.3, -0.25) is 9.59 Å². The number of nitrogens with one attached hydrogen (secondary N) is 3. The van der Waals surface area contributed by atoms with Crippen LogP contribution in [0.4, 0.5) is 11.4 Å². The summed E-state index contributed by atoms with van der Waals surface area (Å²) in [4.78, 5) is 24.2. The summed E-state index contributed by atoms with van der Waals surface area (Å²) >= 11 is 0. The van der Waals surface area contributed by atoms with Gasteiger partial charge in [0.25, 0.3) is 11.8 Å². The second-order valence-corrected chi connectivity index (χ2v) is 6.13. The number of carbonyl (C=O) groups is 2. The Hall–Kier alpha value is -3.61. The van der Waals surface area contributed by atoms with Crippen molar-refractivity contribution in [2.45, 2.75) is 13.8 Å². The summed E-state index contributed by atoms with van der Waals surface area (Å²) in [5.41, 5.74) is 6.94. The van der Waals surface area contributed by atoms with Crippen LogP contribution in [0.5, 0.6) is 5.75 Å². The van der Waals surface area contributed by atoms with Crippen molar-refractivity contribution in [3.8, 4) is 5.75 Å². The van der Waals surface area contributed by atoms with Crippen LogP contribution in [0, 0.1) is 13.8 Å². The molecule has 0 saturated carbocycles. The van der Waals surface area contributed by atoms with E-state index in [4.69, 9.17) is 4.74 Å². The highest BCUT2D eigenvalue weighted by molar-refractivity contribution is 6.14. The standard InChI is InChI=1S/C20H20N4O3/c1-12-8-16-17(9-13(12)2)23-20(26)18(22-16)10-19(25)24-21-11-14-4-6-15(27-3)7-5-14/h4-11,22H,1-3H3,(H,23,26)(H,24,25)/b18-10-,21-11-. The summed E-state index contributed by atoms with van der Waals surface area (Å²) in [6, 6.07) is 11.0. The molecule has 27 heavy (non-hydrogen) atoms. The Kier molecular flexibility index (Phi) is 5.21. The number of hydrazone groups is 1. The molecule has 0 unspecified atom stereocenters. The van der Waals surface area contributed by atoms with Crippen LogP contribution >= 0.6 is 0 Å².